The minimum absolute atomic E-state index is 0.519. The summed E-state index contributed by atoms with van der Waals surface area (Å²) in [6, 6.07) is 14.7. The van der Waals surface area contributed by atoms with Crippen LogP contribution in [0.15, 0.2) is 48.7 Å². The Bertz CT molecular complexity index is 733. The van der Waals surface area contributed by atoms with Crippen LogP contribution in [0.1, 0.15) is 0 Å². The van der Waals surface area contributed by atoms with E-state index in [1.165, 1.54) is 10.8 Å². The third kappa shape index (κ3) is 2.26. The molecule has 0 aliphatic carbocycles. The fourth-order valence-electron chi connectivity index (χ4n) is 2.39. The molecule has 1 aromatic heterocycles. The van der Waals surface area contributed by atoms with Crippen LogP contribution in [0.5, 0.6) is 0 Å². The molecule has 0 aliphatic rings. The number of imidazole rings is 1. The van der Waals surface area contributed by atoms with Crippen molar-refractivity contribution in [2.24, 2.45) is 0 Å². The van der Waals surface area contributed by atoms with E-state index >= 15 is 0 Å². The van der Waals surface area contributed by atoms with Crippen LogP contribution in [0, 0.1) is 0 Å². The SMILES string of the molecule is COCCn1c(-c2ccc3ccccc3c2)cnc1N. The molecule has 2 aromatic carbocycles. The maximum absolute atomic E-state index is 5.93. The van der Waals surface area contributed by atoms with Crippen molar-refractivity contribution in [3.8, 4) is 11.3 Å². The summed E-state index contributed by atoms with van der Waals surface area (Å²) in [4.78, 5) is 4.21. The number of methoxy groups -OCH3 is 1. The van der Waals surface area contributed by atoms with E-state index in [1.54, 1.807) is 7.11 Å². The molecule has 102 valence electrons. The van der Waals surface area contributed by atoms with Gasteiger partial charge in [-0.05, 0) is 16.8 Å². The van der Waals surface area contributed by atoms with Gasteiger partial charge in [-0.25, -0.2) is 4.98 Å². The third-order valence-electron chi connectivity index (χ3n) is 3.45. The molecule has 0 spiro atoms. The first-order valence-corrected chi connectivity index (χ1v) is 6.58. The lowest BCUT2D eigenvalue weighted by Gasteiger charge is -2.10. The van der Waals surface area contributed by atoms with Crippen LogP contribution in [-0.2, 0) is 11.3 Å². The Hall–Kier alpha value is -2.33. The number of rotatable bonds is 4. The highest BCUT2D eigenvalue weighted by Crippen LogP contribution is 2.26. The second-order valence-corrected chi connectivity index (χ2v) is 4.71. The maximum Gasteiger partial charge on any atom is 0.200 e. The molecule has 0 fully saturated rings. The van der Waals surface area contributed by atoms with Gasteiger partial charge in [-0.2, -0.15) is 0 Å². The summed E-state index contributed by atoms with van der Waals surface area (Å²) in [5.41, 5.74) is 8.06. The zero-order valence-electron chi connectivity index (χ0n) is 11.4. The molecule has 2 N–H and O–H groups in total. The maximum atomic E-state index is 5.93. The molecular weight excluding hydrogens is 250 g/mol. The number of nitrogens with zero attached hydrogens (tertiary/aromatic N) is 2. The predicted octanol–water partition coefficient (Wildman–Crippen LogP) is 2.93. The van der Waals surface area contributed by atoms with Crippen molar-refractivity contribution in [3.63, 3.8) is 0 Å². The Balaban J connectivity index is 2.06. The number of hydrogen-bond donors (Lipinski definition) is 1. The first kappa shape index (κ1) is 12.7. The first-order valence-electron chi connectivity index (χ1n) is 6.58. The number of benzene rings is 2. The third-order valence-corrected chi connectivity index (χ3v) is 3.45. The van der Waals surface area contributed by atoms with Crippen LogP contribution >= 0.6 is 0 Å². The Morgan fingerprint density at radius 2 is 1.95 bits per heavy atom. The minimum Gasteiger partial charge on any atom is -0.383 e. The second-order valence-electron chi connectivity index (χ2n) is 4.71. The van der Waals surface area contributed by atoms with Gasteiger partial charge in [-0.1, -0.05) is 36.4 Å². The lowest BCUT2D eigenvalue weighted by molar-refractivity contribution is 0.188. The van der Waals surface area contributed by atoms with Gasteiger partial charge in [0.2, 0.25) is 5.95 Å². The molecule has 20 heavy (non-hydrogen) atoms. The van der Waals surface area contributed by atoms with E-state index in [-0.39, 0.29) is 0 Å². The largest absolute Gasteiger partial charge is 0.383 e. The molecule has 0 unspecified atom stereocenters. The van der Waals surface area contributed by atoms with Crippen molar-refractivity contribution in [2.75, 3.05) is 19.5 Å². The lowest BCUT2D eigenvalue weighted by Crippen LogP contribution is -2.09. The fourth-order valence-corrected chi connectivity index (χ4v) is 2.39. The lowest BCUT2D eigenvalue weighted by atomic mass is 10.1. The van der Waals surface area contributed by atoms with Crippen molar-refractivity contribution >= 4 is 16.7 Å². The predicted molar refractivity (Wildman–Crippen MR) is 81.5 cm³/mol. The summed E-state index contributed by atoms with van der Waals surface area (Å²) in [6.45, 7) is 1.31. The smallest absolute Gasteiger partial charge is 0.200 e. The average molecular weight is 267 g/mol. The van der Waals surface area contributed by atoms with Gasteiger partial charge in [-0.3, -0.25) is 0 Å². The van der Waals surface area contributed by atoms with Gasteiger partial charge < -0.3 is 15.0 Å². The standard InChI is InChI=1S/C16H17N3O/c1-20-9-8-19-15(11-18-16(19)17)14-7-6-12-4-2-3-5-13(12)10-14/h2-7,10-11H,8-9H2,1H3,(H2,17,18). The van der Waals surface area contributed by atoms with Crippen LogP contribution in [0.4, 0.5) is 5.95 Å². The summed E-state index contributed by atoms with van der Waals surface area (Å²) in [5, 5.41) is 2.44. The molecule has 0 amide bonds. The summed E-state index contributed by atoms with van der Waals surface area (Å²) < 4.78 is 7.11. The number of fused-ring (bicyclic) bond motifs is 1. The van der Waals surface area contributed by atoms with Crippen LogP contribution in [-0.4, -0.2) is 23.3 Å². The van der Waals surface area contributed by atoms with E-state index in [9.17, 15) is 0 Å². The van der Waals surface area contributed by atoms with Gasteiger partial charge >= 0.3 is 0 Å². The summed E-state index contributed by atoms with van der Waals surface area (Å²) >= 11 is 0. The monoisotopic (exact) mass is 267 g/mol. The van der Waals surface area contributed by atoms with Crippen LogP contribution in [0.2, 0.25) is 0 Å². The topological polar surface area (TPSA) is 53.1 Å². The van der Waals surface area contributed by atoms with E-state index in [2.05, 4.69) is 35.3 Å². The second kappa shape index (κ2) is 5.35. The molecule has 0 bridgehead atoms. The zero-order valence-corrected chi connectivity index (χ0v) is 11.4. The molecule has 3 rings (SSSR count). The average Bonchev–Trinajstić information content (AvgIpc) is 2.85. The molecule has 0 radical (unpaired) electrons. The van der Waals surface area contributed by atoms with E-state index < -0.39 is 0 Å². The highest BCUT2D eigenvalue weighted by molar-refractivity contribution is 5.86. The molecule has 0 saturated heterocycles. The number of nitrogens with two attached hydrogens (primary N) is 1. The number of aromatic nitrogens is 2. The molecule has 0 atom stereocenters. The molecule has 3 aromatic rings. The summed E-state index contributed by atoms with van der Waals surface area (Å²) in [6.07, 6.45) is 1.81. The van der Waals surface area contributed by atoms with Gasteiger partial charge in [0.1, 0.15) is 0 Å². The zero-order chi connectivity index (χ0) is 13.9. The van der Waals surface area contributed by atoms with Gasteiger partial charge in [0.15, 0.2) is 0 Å². The van der Waals surface area contributed by atoms with E-state index in [1.807, 2.05) is 22.9 Å². The van der Waals surface area contributed by atoms with Crippen molar-refractivity contribution in [2.45, 2.75) is 6.54 Å². The molecular formula is C16H17N3O. The highest BCUT2D eigenvalue weighted by Gasteiger charge is 2.09. The Morgan fingerprint density at radius 1 is 1.15 bits per heavy atom. The van der Waals surface area contributed by atoms with E-state index in [0.29, 0.717) is 19.1 Å². The van der Waals surface area contributed by atoms with Gasteiger partial charge in [0.05, 0.1) is 18.5 Å². The van der Waals surface area contributed by atoms with E-state index in [4.69, 9.17) is 10.5 Å². The van der Waals surface area contributed by atoms with Gasteiger partial charge in [0.25, 0.3) is 0 Å². The van der Waals surface area contributed by atoms with Crippen molar-refractivity contribution in [1.29, 1.82) is 0 Å². The number of ether oxygens (including phenoxy) is 1. The Morgan fingerprint density at radius 3 is 2.75 bits per heavy atom. The van der Waals surface area contributed by atoms with Crippen molar-refractivity contribution in [3.05, 3.63) is 48.7 Å². The summed E-state index contributed by atoms with van der Waals surface area (Å²) in [7, 11) is 1.68. The van der Waals surface area contributed by atoms with Crippen molar-refractivity contribution < 1.29 is 4.74 Å². The normalized spacial score (nSPS) is 11.1. The van der Waals surface area contributed by atoms with Gasteiger partial charge in [-0.15, -0.1) is 0 Å². The van der Waals surface area contributed by atoms with Crippen LogP contribution in [0.3, 0.4) is 0 Å². The highest BCUT2D eigenvalue weighted by atomic mass is 16.5. The first-order chi connectivity index (χ1) is 9.79. The fraction of sp³-hybridized carbons (Fsp3) is 0.188. The molecule has 0 aliphatic heterocycles. The molecule has 4 heteroatoms. The number of anilines is 1. The number of nitrogen functional groups attached to an aromatic ring is 1. The van der Waals surface area contributed by atoms with Crippen molar-refractivity contribution in [1.82, 2.24) is 9.55 Å². The minimum atomic E-state index is 0.519. The Kier molecular flexibility index (Phi) is 3.39. The summed E-state index contributed by atoms with van der Waals surface area (Å²) in [5.74, 6) is 0.519. The van der Waals surface area contributed by atoms with Crippen LogP contribution in [0.25, 0.3) is 22.0 Å². The molecule has 1 heterocycles. The molecule has 0 saturated carbocycles. The quantitative estimate of drug-likeness (QED) is 0.790. The Labute approximate surface area is 117 Å². The van der Waals surface area contributed by atoms with Crippen LogP contribution < -0.4 is 5.73 Å². The number of hydrogen-bond acceptors (Lipinski definition) is 3. The molecule has 4 nitrogen and oxygen atoms in total. The van der Waals surface area contributed by atoms with Gasteiger partial charge in [0, 0.05) is 19.2 Å². The van der Waals surface area contributed by atoms with E-state index in [0.717, 1.165) is 11.3 Å².